The van der Waals surface area contributed by atoms with E-state index in [0.717, 1.165) is 29.3 Å². The van der Waals surface area contributed by atoms with Crippen LogP contribution in [0, 0.1) is 17.8 Å². The lowest BCUT2D eigenvalue weighted by molar-refractivity contribution is 0.414. The van der Waals surface area contributed by atoms with Gasteiger partial charge < -0.3 is 5.32 Å². The van der Waals surface area contributed by atoms with E-state index in [1.54, 1.807) is 6.20 Å². The molecule has 0 saturated heterocycles. The lowest BCUT2D eigenvalue weighted by Gasteiger charge is -2.20. The quantitative estimate of drug-likeness (QED) is 0.894. The van der Waals surface area contributed by atoms with Gasteiger partial charge in [-0.05, 0) is 44.6 Å². The summed E-state index contributed by atoms with van der Waals surface area (Å²) in [5.74, 6) is 2.65. The van der Waals surface area contributed by atoms with Gasteiger partial charge in [0.25, 0.3) is 0 Å². The third-order valence-corrected chi connectivity index (χ3v) is 4.89. The minimum Gasteiger partial charge on any atom is -0.311 e. The standard InChI is InChI=1S/C13H20ClN3/c1-3-17-13(10(14)7-16-17)12(15-2)11-8-5-4-6-9(8)11/h7-9,11-12,15H,3-6H2,1-2H3. The minimum absolute atomic E-state index is 0.389. The Bertz CT molecular complexity index is 405. The third-order valence-electron chi connectivity index (χ3n) is 4.60. The summed E-state index contributed by atoms with van der Waals surface area (Å²) in [5, 5.41) is 8.63. The van der Waals surface area contributed by atoms with E-state index < -0.39 is 0 Å². The molecule has 17 heavy (non-hydrogen) atoms. The molecule has 3 unspecified atom stereocenters. The molecule has 94 valence electrons. The maximum atomic E-state index is 6.30. The molecule has 2 aliphatic carbocycles. The van der Waals surface area contributed by atoms with Gasteiger partial charge in [-0.15, -0.1) is 0 Å². The van der Waals surface area contributed by atoms with Gasteiger partial charge in [-0.25, -0.2) is 0 Å². The molecule has 0 radical (unpaired) electrons. The fraction of sp³-hybridized carbons (Fsp3) is 0.769. The zero-order valence-corrected chi connectivity index (χ0v) is 11.2. The van der Waals surface area contributed by atoms with Crippen LogP contribution in [-0.4, -0.2) is 16.8 Å². The van der Waals surface area contributed by atoms with E-state index in [2.05, 4.69) is 17.3 Å². The summed E-state index contributed by atoms with van der Waals surface area (Å²) in [4.78, 5) is 0. The van der Waals surface area contributed by atoms with Gasteiger partial charge in [-0.1, -0.05) is 18.0 Å². The predicted octanol–water partition coefficient (Wildman–Crippen LogP) is 2.86. The van der Waals surface area contributed by atoms with Gasteiger partial charge in [-0.2, -0.15) is 5.10 Å². The van der Waals surface area contributed by atoms with E-state index in [9.17, 15) is 0 Å². The van der Waals surface area contributed by atoms with Crippen molar-refractivity contribution < 1.29 is 0 Å². The zero-order valence-electron chi connectivity index (χ0n) is 10.5. The second kappa shape index (κ2) is 4.29. The van der Waals surface area contributed by atoms with E-state index >= 15 is 0 Å². The van der Waals surface area contributed by atoms with Crippen LogP contribution >= 0.6 is 11.6 Å². The predicted molar refractivity (Wildman–Crippen MR) is 69.0 cm³/mol. The first-order valence-corrected chi connectivity index (χ1v) is 7.04. The van der Waals surface area contributed by atoms with Crippen molar-refractivity contribution in [1.82, 2.24) is 15.1 Å². The van der Waals surface area contributed by atoms with E-state index in [4.69, 9.17) is 11.6 Å². The van der Waals surface area contributed by atoms with Crippen LogP contribution < -0.4 is 5.32 Å². The average molecular weight is 254 g/mol. The smallest absolute Gasteiger partial charge is 0.0834 e. The van der Waals surface area contributed by atoms with Gasteiger partial charge in [0.15, 0.2) is 0 Å². The van der Waals surface area contributed by atoms with E-state index in [-0.39, 0.29) is 0 Å². The zero-order chi connectivity index (χ0) is 12.0. The Balaban J connectivity index is 1.87. The number of nitrogens with zero attached hydrogens (tertiary/aromatic N) is 2. The lowest BCUT2D eigenvalue weighted by Crippen LogP contribution is -2.24. The Kier molecular flexibility index (Phi) is 2.91. The number of aromatic nitrogens is 2. The Labute approximate surface area is 108 Å². The van der Waals surface area contributed by atoms with Crippen LogP contribution in [0.15, 0.2) is 6.20 Å². The molecule has 3 nitrogen and oxygen atoms in total. The topological polar surface area (TPSA) is 29.9 Å². The maximum Gasteiger partial charge on any atom is 0.0834 e. The first-order chi connectivity index (χ1) is 8.27. The Morgan fingerprint density at radius 3 is 2.82 bits per heavy atom. The van der Waals surface area contributed by atoms with Crippen LogP contribution in [0.1, 0.15) is 37.9 Å². The highest BCUT2D eigenvalue weighted by Gasteiger charge is 2.56. The fourth-order valence-corrected chi connectivity index (χ4v) is 4.07. The van der Waals surface area contributed by atoms with Crippen molar-refractivity contribution in [3.05, 3.63) is 16.9 Å². The van der Waals surface area contributed by atoms with Gasteiger partial charge in [0.2, 0.25) is 0 Å². The van der Waals surface area contributed by atoms with Crippen LogP contribution in [0.25, 0.3) is 0 Å². The Morgan fingerprint density at radius 1 is 1.53 bits per heavy atom. The number of hydrogen-bond acceptors (Lipinski definition) is 2. The van der Waals surface area contributed by atoms with Crippen LogP contribution in [-0.2, 0) is 6.54 Å². The molecule has 4 heteroatoms. The Hall–Kier alpha value is -0.540. The lowest BCUT2D eigenvalue weighted by atomic mass is 10.0. The summed E-state index contributed by atoms with van der Waals surface area (Å²) >= 11 is 6.30. The number of rotatable bonds is 4. The third kappa shape index (κ3) is 1.71. The van der Waals surface area contributed by atoms with Crippen molar-refractivity contribution in [3.8, 4) is 0 Å². The number of nitrogens with one attached hydrogen (secondary N) is 1. The highest BCUT2D eigenvalue weighted by Crippen LogP contribution is 2.62. The molecule has 2 saturated carbocycles. The van der Waals surface area contributed by atoms with Crippen molar-refractivity contribution in [1.29, 1.82) is 0 Å². The van der Waals surface area contributed by atoms with Crippen molar-refractivity contribution in [3.63, 3.8) is 0 Å². The van der Waals surface area contributed by atoms with Crippen LogP contribution in [0.3, 0.4) is 0 Å². The average Bonchev–Trinajstić information content (AvgIpc) is 2.71. The molecule has 0 bridgehead atoms. The fourth-order valence-electron chi connectivity index (χ4n) is 3.82. The summed E-state index contributed by atoms with van der Waals surface area (Å²) in [6.07, 6.45) is 6.02. The molecule has 1 aromatic rings. The summed E-state index contributed by atoms with van der Waals surface area (Å²) in [5.41, 5.74) is 1.19. The van der Waals surface area contributed by atoms with Crippen molar-refractivity contribution >= 4 is 11.6 Å². The van der Waals surface area contributed by atoms with Crippen LogP contribution in [0.5, 0.6) is 0 Å². The summed E-state index contributed by atoms with van der Waals surface area (Å²) in [7, 11) is 2.04. The van der Waals surface area contributed by atoms with Gasteiger partial charge in [0.1, 0.15) is 0 Å². The van der Waals surface area contributed by atoms with E-state index in [1.807, 2.05) is 11.7 Å². The van der Waals surface area contributed by atoms with Crippen molar-refractivity contribution in [2.45, 2.75) is 38.8 Å². The largest absolute Gasteiger partial charge is 0.311 e. The van der Waals surface area contributed by atoms with Gasteiger partial charge >= 0.3 is 0 Å². The number of halogens is 1. The second-order valence-corrected chi connectivity index (χ2v) is 5.70. The molecule has 1 heterocycles. The molecule has 2 fully saturated rings. The van der Waals surface area contributed by atoms with Gasteiger partial charge in [0.05, 0.1) is 23.0 Å². The van der Waals surface area contributed by atoms with E-state index in [0.29, 0.717) is 6.04 Å². The molecule has 0 aromatic carbocycles. The second-order valence-electron chi connectivity index (χ2n) is 5.30. The van der Waals surface area contributed by atoms with Gasteiger partial charge in [0, 0.05) is 6.54 Å². The SMILES string of the molecule is CCn1ncc(Cl)c1C(NC)C1C2CCCC21. The molecule has 0 aliphatic heterocycles. The highest BCUT2D eigenvalue weighted by molar-refractivity contribution is 6.31. The molecule has 3 rings (SSSR count). The molecule has 0 spiro atoms. The number of fused-ring (bicyclic) bond motifs is 1. The summed E-state index contributed by atoms with van der Waals surface area (Å²) in [6.45, 7) is 3.01. The molecule has 2 aliphatic rings. The van der Waals surface area contributed by atoms with E-state index in [1.165, 1.54) is 25.0 Å². The minimum atomic E-state index is 0.389. The first kappa shape index (κ1) is 11.5. The van der Waals surface area contributed by atoms with Crippen LogP contribution in [0.2, 0.25) is 5.02 Å². The first-order valence-electron chi connectivity index (χ1n) is 6.66. The molecular weight excluding hydrogens is 234 g/mol. The van der Waals surface area contributed by atoms with Crippen LogP contribution in [0.4, 0.5) is 0 Å². The summed E-state index contributed by atoms with van der Waals surface area (Å²) < 4.78 is 2.04. The monoisotopic (exact) mass is 253 g/mol. The maximum absolute atomic E-state index is 6.30. The molecule has 3 atom stereocenters. The molecular formula is C13H20ClN3. The Morgan fingerprint density at radius 2 is 2.24 bits per heavy atom. The number of hydrogen-bond donors (Lipinski definition) is 1. The normalized spacial score (nSPS) is 32.5. The van der Waals surface area contributed by atoms with Crippen molar-refractivity contribution in [2.24, 2.45) is 17.8 Å². The van der Waals surface area contributed by atoms with Gasteiger partial charge in [-0.3, -0.25) is 4.68 Å². The highest BCUT2D eigenvalue weighted by atomic mass is 35.5. The molecule has 0 amide bonds. The number of aryl methyl sites for hydroxylation is 1. The molecule has 1 aromatic heterocycles. The summed E-state index contributed by atoms with van der Waals surface area (Å²) in [6, 6.07) is 0.389. The molecule has 1 N–H and O–H groups in total. The van der Waals surface area contributed by atoms with Crippen molar-refractivity contribution in [2.75, 3.05) is 7.05 Å².